The number of ether oxygens (including phenoxy) is 8. The number of hydrogen-bond donors (Lipinski definition) is 0. The molecule has 3 aromatic rings. The van der Waals surface area contributed by atoms with E-state index in [1.54, 1.807) is 36.4 Å². The number of esters is 2. The number of nitro benzene ring substituents is 1. The van der Waals surface area contributed by atoms with Crippen LogP contribution < -0.4 is 28.4 Å². The Balaban J connectivity index is 1.37. The van der Waals surface area contributed by atoms with Crippen LogP contribution in [0.4, 0.5) is 5.69 Å². The van der Waals surface area contributed by atoms with Crippen molar-refractivity contribution in [2.75, 3.05) is 80.9 Å². The van der Waals surface area contributed by atoms with Crippen molar-refractivity contribution >= 4 is 17.6 Å². The number of carbonyl (C=O) groups is 2. The third-order valence-electron chi connectivity index (χ3n) is 9.19. The molecule has 0 saturated carbocycles. The molecule has 0 aromatic heterocycles. The molecule has 4 bridgehead atoms. The summed E-state index contributed by atoms with van der Waals surface area (Å²) >= 11 is 0. The number of fused-ring (bicyclic) bond motifs is 5. The van der Waals surface area contributed by atoms with E-state index < -0.39 is 23.0 Å². The van der Waals surface area contributed by atoms with Gasteiger partial charge in [0.25, 0.3) is 5.69 Å². The van der Waals surface area contributed by atoms with E-state index in [-0.39, 0.29) is 53.9 Å². The van der Waals surface area contributed by atoms with Gasteiger partial charge in [0, 0.05) is 38.3 Å². The zero-order valence-corrected chi connectivity index (χ0v) is 30.6. The first-order valence-corrected chi connectivity index (χ1v) is 17.6. The first-order valence-electron chi connectivity index (χ1n) is 17.6. The molecule has 3 aromatic carbocycles. The van der Waals surface area contributed by atoms with Gasteiger partial charge in [-0.05, 0) is 80.7 Å². The molecular weight excluding hydrogens is 690 g/mol. The molecule has 0 spiro atoms. The highest BCUT2D eigenvalue weighted by Crippen LogP contribution is 2.40. The Bertz CT molecular complexity index is 1690. The largest absolute Gasteiger partial charge is 0.493 e. The van der Waals surface area contributed by atoms with Gasteiger partial charge in [-0.25, -0.2) is 9.59 Å². The molecule has 2 aliphatic rings. The quantitative estimate of drug-likeness (QED) is 0.153. The zero-order valence-electron chi connectivity index (χ0n) is 30.6. The molecule has 286 valence electrons. The van der Waals surface area contributed by atoms with Crippen LogP contribution in [-0.4, -0.2) is 114 Å². The summed E-state index contributed by atoms with van der Waals surface area (Å²) in [7, 11) is 5.94. The van der Waals surface area contributed by atoms with Crippen LogP contribution in [-0.2, 0) is 16.1 Å². The maximum absolute atomic E-state index is 13.5. The van der Waals surface area contributed by atoms with Gasteiger partial charge in [-0.1, -0.05) is 0 Å². The maximum Gasteiger partial charge on any atom is 0.338 e. The van der Waals surface area contributed by atoms with Gasteiger partial charge in [0.1, 0.15) is 19.3 Å². The lowest BCUT2D eigenvalue weighted by Crippen LogP contribution is -2.34. The summed E-state index contributed by atoms with van der Waals surface area (Å²) in [6.45, 7) is 5.22. The number of benzene rings is 3. The van der Waals surface area contributed by atoms with Crippen LogP contribution in [0, 0.1) is 10.1 Å². The topological polar surface area (TPSA) is 158 Å². The van der Waals surface area contributed by atoms with Crippen LogP contribution in [0.3, 0.4) is 0 Å². The molecule has 15 heteroatoms. The van der Waals surface area contributed by atoms with Crippen LogP contribution in [0.1, 0.15) is 52.0 Å². The summed E-state index contributed by atoms with van der Waals surface area (Å²) in [6.07, 6.45) is 2.16. The van der Waals surface area contributed by atoms with E-state index in [1.165, 1.54) is 40.6 Å². The van der Waals surface area contributed by atoms with Gasteiger partial charge < -0.3 is 42.8 Å². The van der Waals surface area contributed by atoms with Crippen molar-refractivity contribution in [3.05, 3.63) is 75.3 Å². The lowest BCUT2D eigenvalue weighted by molar-refractivity contribution is -0.384. The molecule has 0 N–H and O–H groups in total. The molecule has 5 rings (SSSR count). The molecule has 2 aliphatic heterocycles. The fourth-order valence-corrected chi connectivity index (χ4v) is 6.31. The van der Waals surface area contributed by atoms with Gasteiger partial charge in [-0.15, -0.1) is 0 Å². The Hall–Kier alpha value is -5.28. The van der Waals surface area contributed by atoms with E-state index in [0.717, 1.165) is 39.1 Å². The Morgan fingerprint density at radius 1 is 0.774 bits per heavy atom. The van der Waals surface area contributed by atoms with Gasteiger partial charge >= 0.3 is 11.9 Å². The number of hydrogen-bond acceptors (Lipinski definition) is 14. The number of nitro groups is 1. The first kappa shape index (κ1) is 38.9. The van der Waals surface area contributed by atoms with Crippen molar-refractivity contribution < 1.29 is 52.4 Å². The fourth-order valence-electron chi connectivity index (χ4n) is 6.31. The predicted molar refractivity (Wildman–Crippen MR) is 193 cm³/mol. The van der Waals surface area contributed by atoms with Gasteiger partial charge in [-0.3, -0.25) is 15.0 Å². The summed E-state index contributed by atoms with van der Waals surface area (Å²) in [4.78, 5) is 42.1. The maximum atomic E-state index is 13.5. The van der Waals surface area contributed by atoms with Crippen LogP contribution in [0.15, 0.2) is 48.5 Å². The summed E-state index contributed by atoms with van der Waals surface area (Å²) < 4.78 is 46.1. The summed E-state index contributed by atoms with van der Waals surface area (Å²) in [5.74, 6) is 0.826. The van der Waals surface area contributed by atoms with Crippen molar-refractivity contribution in [1.82, 2.24) is 9.80 Å². The van der Waals surface area contributed by atoms with Crippen LogP contribution in [0.2, 0.25) is 0 Å². The standard InChI is InChI=1S/C38H47N3O12/c1-46-31-21-28(22-32(47-2)35(31)48-3)38(43)53-30-7-5-19-50-33-23-27(37(42)51-20-18-40-14-6-13-39(15-12-30)16-17-40)24-34(36(33)49-4)52-25-26-8-10-29(11-9-26)41(44)45/h8-11,21-24,30H,5-7,12-20,25H2,1-4H3. The lowest BCUT2D eigenvalue weighted by atomic mass is 10.1. The summed E-state index contributed by atoms with van der Waals surface area (Å²) in [6, 6.07) is 12.2. The number of nitrogens with zero attached hydrogens (tertiary/aromatic N) is 3. The van der Waals surface area contributed by atoms with Crippen LogP contribution in [0.25, 0.3) is 0 Å². The third-order valence-corrected chi connectivity index (χ3v) is 9.19. The molecule has 3 unspecified atom stereocenters. The molecule has 1 fully saturated rings. The fraction of sp³-hybridized carbons (Fsp3) is 0.474. The molecule has 0 radical (unpaired) electrons. The average Bonchev–Trinajstić information content (AvgIpc) is 3.41. The van der Waals surface area contributed by atoms with E-state index >= 15 is 0 Å². The minimum Gasteiger partial charge on any atom is -0.493 e. The second-order valence-electron chi connectivity index (χ2n) is 12.6. The van der Waals surface area contributed by atoms with E-state index in [1.807, 2.05) is 0 Å². The summed E-state index contributed by atoms with van der Waals surface area (Å²) in [5, 5.41) is 11.1. The van der Waals surface area contributed by atoms with Crippen molar-refractivity contribution in [2.24, 2.45) is 0 Å². The molecular formula is C38H47N3O12. The Morgan fingerprint density at radius 3 is 2.09 bits per heavy atom. The van der Waals surface area contributed by atoms with Gasteiger partial charge in [0.15, 0.2) is 23.0 Å². The summed E-state index contributed by atoms with van der Waals surface area (Å²) in [5.41, 5.74) is 1.14. The molecule has 53 heavy (non-hydrogen) atoms. The van der Waals surface area contributed by atoms with Crippen LogP contribution >= 0.6 is 0 Å². The molecule has 15 nitrogen and oxygen atoms in total. The van der Waals surface area contributed by atoms with E-state index in [2.05, 4.69) is 9.80 Å². The highest BCUT2D eigenvalue weighted by molar-refractivity contribution is 5.92. The number of cyclic esters (lactones) is 1. The van der Waals surface area contributed by atoms with Crippen molar-refractivity contribution in [1.29, 1.82) is 0 Å². The average molecular weight is 738 g/mol. The number of rotatable bonds is 10. The normalized spacial score (nSPS) is 19.6. The van der Waals surface area contributed by atoms with Crippen molar-refractivity contribution in [2.45, 2.75) is 38.4 Å². The molecule has 0 aliphatic carbocycles. The smallest absolute Gasteiger partial charge is 0.338 e. The third kappa shape index (κ3) is 10.4. The highest BCUT2D eigenvalue weighted by atomic mass is 16.6. The molecule has 3 atom stereocenters. The monoisotopic (exact) mass is 737 g/mol. The van der Waals surface area contributed by atoms with Crippen molar-refractivity contribution in [3.8, 4) is 34.5 Å². The zero-order chi connectivity index (χ0) is 37.7. The Kier molecular flexibility index (Phi) is 13.9. The number of methoxy groups -OCH3 is 4. The number of non-ortho nitro benzene ring substituents is 1. The van der Waals surface area contributed by atoms with E-state index in [0.29, 0.717) is 48.6 Å². The van der Waals surface area contributed by atoms with Crippen molar-refractivity contribution in [3.63, 3.8) is 0 Å². The first-order chi connectivity index (χ1) is 25.7. The Morgan fingerprint density at radius 2 is 1.45 bits per heavy atom. The highest BCUT2D eigenvalue weighted by Gasteiger charge is 2.24. The second-order valence-corrected chi connectivity index (χ2v) is 12.6. The second kappa shape index (κ2) is 19.0. The Labute approximate surface area is 308 Å². The number of carbonyl (C=O) groups excluding carboxylic acids is 2. The minimum absolute atomic E-state index is 0.0338. The molecule has 1 saturated heterocycles. The predicted octanol–water partition coefficient (Wildman–Crippen LogP) is 5.16. The minimum atomic E-state index is -0.533. The lowest BCUT2D eigenvalue weighted by Gasteiger charge is -2.25. The van der Waals surface area contributed by atoms with Crippen LogP contribution in [0.5, 0.6) is 34.5 Å². The van der Waals surface area contributed by atoms with E-state index in [4.69, 9.17) is 37.9 Å². The van der Waals surface area contributed by atoms with Gasteiger partial charge in [-0.2, -0.15) is 0 Å². The molecule has 0 amide bonds. The molecule has 2 heterocycles. The SMILES string of the molecule is COc1cc(C(=O)OC2CCCOc3cc(cc(OCc4ccc([N+](=O)[O-])cc4)c3OC)C(=O)OCCN3CCCN(CC2)CC3)cc(OC)c1OC. The van der Waals surface area contributed by atoms with E-state index in [9.17, 15) is 19.7 Å². The van der Waals surface area contributed by atoms with Gasteiger partial charge in [0.2, 0.25) is 11.5 Å². The van der Waals surface area contributed by atoms with Gasteiger partial charge in [0.05, 0.1) is 51.1 Å².